The lowest BCUT2D eigenvalue weighted by Crippen LogP contribution is -2.44. The van der Waals surface area contributed by atoms with Gasteiger partial charge in [0, 0.05) is 42.6 Å². The molecule has 2 heterocycles. The maximum absolute atomic E-state index is 12.2. The zero-order valence-electron chi connectivity index (χ0n) is 19.9. The molecule has 0 radical (unpaired) electrons. The van der Waals surface area contributed by atoms with Gasteiger partial charge in [-0.1, -0.05) is 30.3 Å². The van der Waals surface area contributed by atoms with Gasteiger partial charge >= 0.3 is 6.09 Å². The quantitative estimate of drug-likeness (QED) is 0.539. The van der Waals surface area contributed by atoms with Crippen LogP contribution in [0, 0.1) is 0 Å². The molecule has 2 aliphatic heterocycles. The lowest BCUT2D eigenvalue weighted by Gasteiger charge is -2.33. The van der Waals surface area contributed by atoms with E-state index in [2.05, 4.69) is 29.6 Å². The van der Waals surface area contributed by atoms with Gasteiger partial charge < -0.3 is 19.7 Å². The van der Waals surface area contributed by atoms with Crippen LogP contribution in [-0.2, 0) is 11.2 Å². The Balaban J connectivity index is 1.20. The highest BCUT2D eigenvalue weighted by atomic mass is 16.6. The number of anilines is 1. The molecule has 5 rings (SSSR count). The number of likely N-dealkylation sites (tertiary alicyclic amines) is 1. The van der Waals surface area contributed by atoms with Crippen molar-refractivity contribution in [2.45, 2.75) is 51.7 Å². The van der Waals surface area contributed by atoms with Crippen LogP contribution in [0.25, 0.3) is 10.8 Å². The monoisotopic (exact) mass is 458 g/mol. The van der Waals surface area contributed by atoms with Crippen molar-refractivity contribution in [3.8, 4) is 5.75 Å². The van der Waals surface area contributed by atoms with Crippen LogP contribution in [0.15, 0.2) is 54.6 Å². The standard InChI is InChI=1S/C28H30N2O4/c1-28(2,3)34-27(32)30-15-13-21(14-16-30)33-20-10-7-18(8-11-20)17-19-9-12-24-25-22(19)5-4-6-23(25)26(31)29-24/h4-12,21H,13-17H2,1-3H3,(H,29,31). The second-order valence-electron chi connectivity index (χ2n) is 10.1. The smallest absolute Gasteiger partial charge is 0.410 e. The molecular weight excluding hydrogens is 428 g/mol. The molecule has 0 unspecified atom stereocenters. The van der Waals surface area contributed by atoms with Gasteiger partial charge in [0.15, 0.2) is 0 Å². The topological polar surface area (TPSA) is 67.9 Å². The largest absolute Gasteiger partial charge is 0.490 e. The van der Waals surface area contributed by atoms with Crippen molar-refractivity contribution in [1.29, 1.82) is 0 Å². The van der Waals surface area contributed by atoms with Crippen LogP contribution >= 0.6 is 0 Å². The summed E-state index contributed by atoms with van der Waals surface area (Å²) in [5, 5.41) is 5.08. The first-order chi connectivity index (χ1) is 16.3. The summed E-state index contributed by atoms with van der Waals surface area (Å²) in [6, 6.07) is 18.2. The van der Waals surface area contributed by atoms with Crippen LogP contribution in [0.3, 0.4) is 0 Å². The molecule has 3 aromatic carbocycles. The fourth-order valence-corrected chi connectivity index (χ4v) is 4.69. The molecule has 3 aromatic rings. The van der Waals surface area contributed by atoms with Crippen molar-refractivity contribution in [3.63, 3.8) is 0 Å². The van der Waals surface area contributed by atoms with Crippen molar-refractivity contribution >= 4 is 28.5 Å². The molecule has 0 aromatic heterocycles. The number of piperidine rings is 1. The van der Waals surface area contributed by atoms with E-state index in [0.717, 1.165) is 47.0 Å². The molecular formula is C28H30N2O4. The third kappa shape index (κ3) is 4.58. The minimum atomic E-state index is -0.479. The molecule has 0 atom stereocenters. The van der Waals surface area contributed by atoms with Gasteiger partial charge in [0.05, 0.1) is 0 Å². The highest BCUT2D eigenvalue weighted by Crippen LogP contribution is 2.35. The van der Waals surface area contributed by atoms with E-state index in [1.807, 2.05) is 51.1 Å². The average molecular weight is 459 g/mol. The van der Waals surface area contributed by atoms with Crippen LogP contribution in [-0.4, -0.2) is 41.7 Å². The number of carbonyl (C=O) groups is 2. The molecule has 0 aliphatic carbocycles. The third-order valence-electron chi connectivity index (χ3n) is 6.34. The Kier molecular flexibility index (Phi) is 5.68. The van der Waals surface area contributed by atoms with Gasteiger partial charge in [-0.25, -0.2) is 4.79 Å². The van der Waals surface area contributed by atoms with E-state index in [1.54, 1.807) is 4.90 Å². The molecule has 2 amide bonds. The maximum atomic E-state index is 12.2. The minimum Gasteiger partial charge on any atom is -0.490 e. The molecule has 1 N–H and O–H groups in total. The van der Waals surface area contributed by atoms with Crippen molar-refractivity contribution in [1.82, 2.24) is 4.90 Å². The molecule has 0 spiro atoms. The van der Waals surface area contributed by atoms with Crippen molar-refractivity contribution in [2.24, 2.45) is 0 Å². The van der Waals surface area contributed by atoms with Crippen molar-refractivity contribution in [3.05, 3.63) is 71.3 Å². The maximum Gasteiger partial charge on any atom is 0.410 e. The van der Waals surface area contributed by atoms with Crippen LogP contribution in [0.5, 0.6) is 5.75 Å². The number of ether oxygens (including phenoxy) is 2. The third-order valence-corrected chi connectivity index (χ3v) is 6.34. The zero-order chi connectivity index (χ0) is 23.9. The Morgan fingerprint density at radius 2 is 1.76 bits per heavy atom. The highest BCUT2D eigenvalue weighted by molar-refractivity contribution is 6.24. The van der Waals surface area contributed by atoms with E-state index in [4.69, 9.17) is 9.47 Å². The Hall–Kier alpha value is -3.54. The lowest BCUT2D eigenvalue weighted by molar-refractivity contribution is 0.0126. The molecule has 34 heavy (non-hydrogen) atoms. The van der Waals surface area contributed by atoms with Gasteiger partial charge in [-0.3, -0.25) is 4.79 Å². The summed E-state index contributed by atoms with van der Waals surface area (Å²) in [4.78, 5) is 26.2. The fraction of sp³-hybridized carbons (Fsp3) is 0.357. The Morgan fingerprint density at radius 1 is 1.03 bits per heavy atom. The number of nitrogens with one attached hydrogen (secondary N) is 1. The normalized spacial score (nSPS) is 16.0. The number of rotatable bonds is 4. The molecule has 176 valence electrons. The van der Waals surface area contributed by atoms with Crippen LogP contribution in [0.4, 0.5) is 10.5 Å². The molecule has 1 fully saturated rings. The molecule has 0 bridgehead atoms. The number of amides is 2. The molecule has 0 saturated carbocycles. The van der Waals surface area contributed by atoms with Gasteiger partial charge in [0.2, 0.25) is 0 Å². The second-order valence-corrected chi connectivity index (χ2v) is 10.1. The first-order valence-corrected chi connectivity index (χ1v) is 11.9. The van der Waals surface area contributed by atoms with Gasteiger partial charge in [0.1, 0.15) is 17.5 Å². The van der Waals surface area contributed by atoms with E-state index in [1.165, 1.54) is 11.1 Å². The van der Waals surface area contributed by atoms with Crippen molar-refractivity contribution in [2.75, 3.05) is 18.4 Å². The summed E-state index contributed by atoms with van der Waals surface area (Å²) in [6.07, 6.45) is 2.19. The number of hydrogen-bond donors (Lipinski definition) is 1. The molecule has 1 saturated heterocycles. The first kappa shape index (κ1) is 22.3. The number of hydrogen-bond acceptors (Lipinski definition) is 4. The minimum absolute atomic E-state index is 0.0313. The zero-order valence-corrected chi connectivity index (χ0v) is 19.9. The first-order valence-electron chi connectivity index (χ1n) is 11.9. The van der Waals surface area contributed by atoms with E-state index >= 15 is 0 Å². The Bertz CT molecular complexity index is 1240. The van der Waals surface area contributed by atoms with E-state index in [9.17, 15) is 9.59 Å². The Morgan fingerprint density at radius 3 is 2.47 bits per heavy atom. The number of nitrogens with zero attached hydrogens (tertiary/aromatic N) is 1. The Labute approximate surface area is 199 Å². The van der Waals surface area contributed by atoms with Gasteiger partial charge in [-0.15, -0.1) is 0 Å². The summed E-state index contributed by atoms with van der Waals surface area (Å²) in [5.74, 6) is 0.811. The number of benzene rings is 3. The van der Waals surface area contributed by atoms with E-state index in [-0.39, 0.29) is 18.1 Å². The molecule has 6 nitrogen and oxygen atoms in total. The highest BCUT2D eigenvalue weighted by Gasteiger charge is 2.27. The summed E-state index contributed by atoms with van der Waals surface area (Å²) in [6.45, 7) is 6.93. The van der Waals surface area contributed by atoms with E-state index in [0.29, 0.717) is 13.1 Å². The lowest BCUT2D eigenvalue weighted by atomic mass is 9.96. The second kappa shape index (κ2) is 8.67. The fourth-order valence-electron chi connectivity index (χ4n) is 4.69. The van der Waals surface area contributed by atoms with Crippen LogP contribution < -0.4 is 10.1 Å². The summed E-state index contributed by atoms with van der Waals surface area (Å²) in [5.41, 5.74) is 3.54. The van der Waals surface area contributed by atoms with E-state index < -0.39 is 5.60 Å². The average Bonchev–Trinajstić information content (AvgIpc) is 3.13. The molecule has 6 heteroatoms. The summed E-state index contributed by atoms with van der Waals surface area (Å²) in [7, 11) is 0. The molecule has 2 aliphatic rings. The summed E-state index contributed by atoms with van der Waals surface area (Å²) < 4.78 is 11.7. The predicted octanol–water partition coefficient (Wildman–Crippen LogP) is 5.77. The number of carbonyl (C=O) groups excluding carboxylic acids is 2. The SMILES string of the molecule is CC(C)(C)OC(=O)N1CCC(Oc2ccc(Cc3ccc4c5c(cccc35)C(=O)N4)cc2)CC1. The summed E-state index contributed by atoms with van der Waals surface area (Å²) >= 11 is 0. The van der Waals surface area contributed by atoms with Gasteiger partial charge in [-0.2, -0.15) is 0 Å². The van der Waals surface area contributed by atoms with Gasteiger partial charge in [-0.05, 0) is 68.0 Å². The van der Waals surface area contributed by atoms with Crippen LogP contribution in [0.2, 0.25) is 0 Å². The predicted molar refractivity (Wildman–Crippen MR) is 133 cm³/mol. The van der Waals surface area contributed by atoms with Crippen molar-refractivity contribution < 1.29 is 19.1 Å². The van der Waals surface area contributed by atoms with Gasteiger partial charge in [0.25, 0.3) is 5.91 Å². The van der Waals surface area contributed by atoms with Crippen LogP contribution in [0.1, 0.15) is 55.1 Å².